The molecule has 0 aromatic carbocycles. The number of hydrogen-bond donors (Lipinski definition) is 0. The lowest BCUT2D eigenvalue weighted by Crippen LogP contribution is -2.32. The van der Waals surface area contributed by atoms with Gasteiger partial charge in [-0.25, -0.2) is 4.79 Å². The van der Waals surface area contributed by atoms with E-state index in [2.05, 4.69) is 20.8 Å². The fraction of sp³-hybridized carbons (Fsp3) is 0.917. The number of rotatable bonds is 5. The zero-order valence-corrected chi connectivity index (χ0v) is 10.8. The minimum Gasteiger partial charge on any atom is -0.432 e. The molecule has 0 radical (unpaired) electrons. The van der Waals surface area contributed by atoms with E-state index in [1.54, 1.807) is 0 Å². The van der Waals surface area contributed by atoms with Gasteiger partial charge in [-0.15, -0.1) is 0 Å². The minimum atomic E-state index is -0.568. The lowest BCUT2D eigenvalue weighted by Gasteiger charge is -2.30. The summed E-state index contributed by atoms with van der Waals surface area (Å²) in [6.45, 7) is 11.9. The topological polar surface area (TPSA) is 35.5 Å². The van der Waals surface area contributed by atoms with Crippen molar-refractivity contribution < 1.29 is 14.3 Å². The number of hydrogen-bond acceptors (Lipinski definition) is 3. The highest BCUT2D eigenvalue weighted by atomic mass is 16.7. The van der Waals surface area contributed by atoms with Crippen LogP contribution in [0, 0.1) is 5.41 Å². The molecule has 0 bridgehead atoms. The molecule has 0 heterocycles. The molecular weight excluding hydrogens is 192 g/mol. The van der Waals surface area contributed by atoms with Crippen molar-refractivity contribution in [3.8, 4) is 0 Å². The van der Waals surface area contributed by atoms with Crippen molar-refractivity contribution in [3.05, 3.63) is 0 Å². The molecule has 0 aromatic rings. The van der Waals surface area contributed by atoms with Gasteiger partial charge in [0, 0.05) is 5.41 Å². The Morgan fingerprint density at radius 3 is 2.13 bits per heavy atom. The summed E-state index contributed by atoms with van der Waals surface area (Å²) in [5.74, 6) is 0. The van der Waals surface area contributed by atoms with Crippen LogP contribution in [0.15, 0.2) is 0 Å². The van der Waals surface area contributed by atoms with Crippen LogP contribution in [0.3, 0.4) is 0 Å². The van der Waals surface area contributed by atoms with Gasteiger partial charge < -0.3 is 9.47 Å². The van der Waals surface area contributed by atoms with E-state index in [0.717, 1.165) is 12.8 Å². The predicted molar refractivity (Wildman–Crippen MR) is 60.9 cm³/mol. The lowest BCUT2D eigenvalue weighted by atomic mass is 9.83. The summed E-state index contributed by atoms with van der Waals surface area (Å²) in [7, 11) is 0. The fourth-order valence-electron chi connectivity index (χ4n) is 1.37. The first kappa shape index (κ1) is 14.3. The molecule has 90 valence electrons. The summed E-state index contributed by atoms with van der Waals surface area (Å²) in [4.78, 5) is 11.3. The first-order chi connectivity index (χ1) is 6.79. The molecule has 1 unspecified atom stereocenters. The van der Waals surface area contributed by atoms with Crippen molar-refractivity contribution in [2.45, 2.75) is 66.6 Å². The molecular formula is C12H24O3. The summed E-state index contributed by atoms with van der Waals surface area (Å²) < 4.78 is 10.2. The van der Waals surface area contributed by atoms with Crippen molar-refractivity contribution in [1.82, 2.24) is 0 Å². The predicted octanol–water partition coefficient (Wildman–Crippen LogP) is 3.76. The second-order valence-electron chi connectivity index (χ2n) is 4.92. The maximum absolute atomic E-state index is 11.3. The van der Waals surface area contributed by atoms with Crippen LogP contribution in [-0.2, 0) is 9.47 Å². The Morgan fingerprint density at radius 1 is 1.20 bits per heavy atom. The van der Waals surface area contributed by atoms with Gasteiger partial charge in [0.15, 0.2) is 0 Å². The Kier molecular flexibility index (Phi) is 5.69. The molecule has 1 atom stereocenters. The minimum absolute atomic E-state index is 0.00471. The molecule has 0 saturated carbocycles. The first-order valence-corrected chi connectivity index (χ1v) is 5.67. The average molecular weight is 216 g/mol. The van der Waals surface area contributed by atoms with Crippen LogP contribution in [0.2, 0.25) is 0 Å². The summed E-state index contributed by atoms with van der Waals surface area (Å²) in [6.07, 6.45) is 1.30. The van der Waals surface area contributed by atoms with Crippen molar-refractivity contribution >= 4 is 6.16 Å². The van der Waals surface area contributed by atoms with E-state index in [1.807, 2.05) is 20.8 Å². The van der Waals surface area contributed by atoms with Crippen LogP contribution in [-0.4, -0.2) is 18.4 Å². The van der Waals surface area contributed by atoms with Gasteiger partial charge in [0.05, 0.1) is 6.10 Å². The van der Waals surface area contributed by atoms with Gasteiger partial charge in [-0.05, 0) is 27.2 Å². The van der Waals surface area contributed by atoms with Crippen LogP contribution >= 0.6 is 0 Å². The Morgan fingerprint density at radius 2 is 1.73 bits per heavy atom. The zero-order valence-electron chi connectivity index (χ0n) is 10.8. The zero-order chi connectivity index (χ0) is 12.1. The van der Waals surface area contributed by atoms with Crippen LogP contribution in [0.1, 0.15) is 54.4 Å². The van der Waals surface area contributed by atoms with Crippen LogP contribution in [0.25, 0.3) is 0 Å². The summed E-state index contributed by atoms with van der Waals surface area (Å²) >= 11 is 0. The standard InChI is InChI=1S/C12H24O3/c1-7-8-12(5,6)10(4)15-11(13)14-9(2)3/h9-10H,7-8H2,1-6H3. The maximum Gasteiger partial charge on any atom is 0.508 e. The van der Waals surface area contributed by atoms with Gasteiger partial charge in [0.1, 0.15) is 6.10 Å². The summed E-state index contributed by atoms with van der Waals surface area (Å²) in [5, 5.41) is 0. The largest absolute Gasteiger partial charge is 0.508 e. The van der Waals surface area contributed by atoms with E-state index in [0.29, 0.717) is 0 Å². The molecule has 0 N–H and O–H groups in total. The Balaban J connectivity index is 4.11. The maximum atomic E-state index is 11.3. The molecule has 0 spiro atoms. The van der Waals surface area contributed by atoms with Crippen molar-refractivity contribution in [1.29, 1.82) is 0 Å². The van der Waals surface area contributed by atoms with Gasteiger partial charge in [0.25, 0.3) is 0 Å². The Labute approximate surface area is 93.1 Å². The van der Waals surface area contributed by atoms with E-state index in [1.165, 1.54) is 0 Å². The summed E-state index contributed by atoms with van der Waals surface area (Å²) in [6, 6.07) is 0. The number of carbonyl (C=O) groups excluding carboxylic acids is 1. The SMILES string of the molecule is CCCC(C)(C)C(C)OC(=O)OC(C)C. The van der Waals surface area contributed by atoms with E-state index in [-0.39, 0.29) is 17.6 Å². The molecule has 0 amide bonds. The third-order valence-electron chi connectivity index (χ3n) is 2.60. The molecule has 0 aliphatic rings. The third-order valence-corrected chi connectivity index (χ3v) is 2.60. The third kappa shape index (κ3) is 5.65. The molecule has 0 rings (SSSR count). The highest BCUT2D eigenvalue weighted by Gasteiger charge is 2.28. The first-order valence-electron chi connectivity index (χ1n) is 5.67. The molecule has 3 nitrogen and oxygen atoms in total. The van der Waals surface area contributed by atoms with Gasteiger partial charge >= 0.3 is 6.16 Å². The van der Waals surface area contributed by atoms with Crippen LogP contribution in [0.5, 0.6) is 0 Å². The molecule has 0 aromatic heterocycles. The van der Waals surface area contributed by atoms with Crippen LogP contribution in [0.4, 0.5) is 4.79 Å². The van der Waals surface area contributed by atoms with Gasteiger partial charge in [-0.2, -0.15) is 0 Å². The molecule has 0 fully saturated rings. The monoisotopic (exact) mass is 216 g/mol. The normalized spacial score (nSPS) is 13.8. The summed E-state index contributed by atoms with van der Waals surface area (Å²) in [5.41, 5.74) is 0.00471. The second-order valence-corrected chi connectivity index (χ2v) is 4.92. The molecule has 0 saturated heterocycles. The molecule has 3 heteroatoms. The van der Waals surface area contributed by atoms with Crippen LogP contribution < -0.4 is 0 Å². The molecule has 0 aliphatic carbocycles. The van der Waals surface area contributed by atoms with E-state index in [9.17, 15) is 4.79 Å². The molecule has 15 heavy (non-hydrogen) atoms. The highest BCUT2D eigenvalue weighted by molar-refractivity contribution is 5.60. The highest BCUT2D eigenvalue weighted by Crippen LogP contribution is 2.29. The van der Waals surface area contributed by atoms with Crippen molar-refractivity contribution in [2.24, 2.45) is 5.41 Å². The number of ether oxygens (including phenoxy) is 2. The average Bonchev–Trinajstić information content (AvgIpc) is 2.01. The Hall–Kier alpha value is -0.730. The van der Waals surface area contributed by atoms with Crippen molar-refractivity contribution in [2.75, 3.05) is 0 Å². The smallest absolute Gasteiger partial charge is 0.432 e. The van der Waals surface area contributed by atoms with Gasteiger partial charge in [-0.1, -0.05) is 27.2 Å². The van der Waals surface area contributed by atoms with E-state index < -0.39 is 6.16 Å². The quantitative estimate of drug-likeness (QED) is 0.656. The lowest BCUT2D eigenvalue weighted by molar-refractivity contribution is -0.0273. The van der Waals surface area contributed by atoms with Gasteiger partial charge in [-0.3, -0.25) is 0 Å². The van der Waals surface area contributed by atoms with Gasteiger partial charge in [0.2, 0.25) is 0 Å². The second kappa shape index (κ2) is 5.99. The number of carbonyl (C=O) groups is 1. The van der Waals surface area contributed by atoms with E-state index in [4.69, 9.17) is 9.47 Å². The Bertz CT molecular complexity index is 197. The van der Waals surface area contributed by atoms with E-state index >= 15 is 0 Å². The van der Waals surface area contributed by atoms with Crippen molar-refractivity contribution in [3.63, 3.8) is 0 Å². The molecule has 0 aliphatic heterocycles. The fourth-order valence-corrected chi connectivity index (χ4v) is 1.37.